The zero-order chi connectivity index (χ0) is 11.2. The second-order valence-electron chi connectivity index (χ2n) is 4.79. The van der Waals surface area contributed by atoms with Crippen LogP contribution in [0.5, 0.6) is 0 Å². The molecule has 0 radical (unpaired) electrons. The first-order chi connectivity index (χ1) is 7.86. The molecule has 5 heteroatoms. The summed E-state index contributed by atoms with van der Waals surface area (Å²) < 4.78 is 5.44. The third-order valence-corrected chi connectivity index (χ3v) is 3.49. The Morgan fingerprint density at radius 1 is 1.35 bits per heavy atom. The van der Waals surface area contributed by atoms with Gasteiger partial charge in [-0.25, -0.2) is 0 Å². The zero-order valence-corrected chi connectivity index (χ0v) is 11.1. The van der Waals surface area contributed by atoms with Crippen LogP contribution in [-0.2, 0) is 9.53 Å². The Balaban J connectivity index is 0.00000144. The molecule has 0 aromatic rings. The average Bonchev–Trinajstić information content (AvgIpc) is 2.83. The van der Waals surface area contributed by atoms with Crippen molar-refractivity contribution in [1.29, 1.82) is 0 Å². The highest BCUT2D eigenvalue weighted by Crippen LogP contribution is 2.13. The highest BCUT2D eigenvalue weighted by molar-refractivity contribution is 5.85. The summed E-state index contributed by atoms with van der Waals surface area (Å²) in [5.74, 6) is 0.832. The molecule has 2 rings (SSSR count). The minimum absolute atomic E-state index is 0. The summed E-state index contributed by atoms with van der Waals surface area (Å²) >= 11 is 0. The van der Waals surface area contributed by atoms with Crippen LogP contribution in [0.4, 0.5) is 0 Å². The first-order valence-corrected chi connectivity index (χ1v) is 6.46. The summed E-state index contributed by atoms with van der Waals surface area (Å²) in [7, 11) is 0. The number of amides is 1. The predicted molar refractivity (Wildman–Crippen MR) is 69.4 cm³/mol. The minimum Gasteiger partial charge on any atom is -0.368 e. The number of halogens is 1. The van der Waals surface area contributed by atoms with Crippen LogP contribution in [0.3, 0.4) is 0 Å². The summed E-state index contributed by atoms with van der Waals surface area (Å²) in [5, 5.41) is 6.32. The van der Waals surface area contributed by atoms with Gasteiger partial charge in [0.25, 0.3) is 0 Å². The van der Waals surface area contributed by atoms with Crippen molar-refractivity contribution in [3.8, 4) is 0 Å². The number of hydrogen-bond donors (Lipinski definition) is 2. The molecule has 100 valence electrons. The molecule has 4 nitrogen and oxygen atoms in total. The van der Waals surface area contributed by atoms with Crippen LogP contribution < -0.4 is 10.6 Å². The Kier molecular flexibility index (Phi) is 6.85. The van der Waals surface area contributed by atoms with E-state index in [1.54, 1.807) is 0 Å². The van der Waals surface area contributed by atoms with Crippen molar-refractivity contribution in [2.45, 2.75) is 38.2 Å². The molecule has 0 spiro atoms. The summed E-state index contributed by atoms with van der Waals surface area (Å²) in [6.45, 7) is 3.77. The Labute approximate surface area is 109 Å². The van der Waals surface area contributed by atoms with Gasteiger partial charge < -0.3 is 15.4 Å². The molecule has 0 bridgehead atoms. The van der Waals surface area contributed by atoms with E-state index in [1.807, 2.05) is 0 Å². The fraction of sp³-hybridized carbons (Fsp3) is 0.917. The van der Waals surface area contributed by atoms with Gasteiger partial charge >= 0.3 is 0 Å². The quantitative estimate of drug-likeness (QED) is 0.798. The highest BCUT2D eigenvalue weighted by atomic mass is 35.5. The second kappa shape index (κ2) is 7.90. The van der Waals surface area contributed by atoms with E-state index in [1.165, 1.54) is 6.42 Å². The lowest BCUT2D eigenvalue weighted by Crippen LogP contribution is -2.39. The number of carbonyl (C=O) groups excluding carboxylic acids is 1. The van der Waals surface area contributed by atoms with Crippen LogP contribution in [0, 0.1) is 5.92 Å². The van der Waals surface area contributed by atoms with Crippen molar-refractivity contribution in [2.75, 3.05) is 26.2 Å². The van der Waals surface area contributed by atoms with E-state index >= 15 is 0 Å². The van der Waals surface area contributed by atoms with Crippen molar-refractivity contribution >= 4 is 18.3 Å². The van der Waals surface area contributed by atoms with Gasteiger partial charge in [-0.15, -0.1) is 12.4 Å². The van der Waals surface area contributed by atoms with Gasteiger partial charge in [-0.3, -0.25) is 4.79 Å². The molecule has 2 aliphatic heterocycles. The van der Waals surface area contributed by atoms with Crippen molar-refractivity contribution in [1.82, 2.24) is 10.6 Å². The highest BCUT2D eigenvalue weighted by Gasteiger charge is 2.22. The Bertz CT molecular complexity index is 227. The molecule has 2 unspecified atom stereocenters. The van der Waals surface area contributed by atoms with E-state index in [9.17, 15) is 4.79 Å². The molecule has 2 N–H and O–H groups in total. The molecule has 2 atom stereocenters. The first kappa shape index (κ1) is 14.7. The number of carbonyl (C=O) groups is 1. The summed E-state index contributed by atoms with van der Waals surface area (Å²) in [6, 6.07) is 0. The third-order valence-electron chi connectivity index (χ3n) is 3.49. The monoisotopic (exact) mass is 262 g/mol. The molecule has 0 aliphatic carbocycles. The Hall–Kier alpha value is -0.320. The summed E-state index contributed by atoms with van der Waals surface area (Å²) in [4.78, 5) is 11.7. The van der Waals surface area contributed by atoms with Crippen molar-refractivity contribution in [3.05, 3.63) is 0 Å². The van der Waals surface area contributed by atoms with Crippen molar-refractivity contribution in [3.63, 3.8) is 0 Å². The maximum Gasteiger partial charge on any atom is 0.249 e. The van der Waals surface area contributed by atoms with E-state index in [0.717, 1.165) is 57.8 Å². The molecule has 0 aromatic carbocycles. The van der Waals surface area contributed by atoms with E-state index in [2.05, 4.69) is 10.6 Å². The molecule has 17 heavy (non-hydrogen) atoms. The van der Waals surface area contributed by atoms with Gasteiger partial charge in [-0.2, -0.15) is 0 Å². The molecular weight excluding hydrogens is 240 g/mol. The van der Waals surface area contributed by atoms with Gasteiger partial charge in [0.05, 0.1) is 0 Å². The molecule has 2 fully saturated rings. The van der Waals surface area contributed by atoms with E-state index in [4.69, 9.17) is 4.74 Å². The van der Waals surface area contributed by atoms with Gasteiger partial charge in [-0.05, 0) is 51.1 Å². The fourth-order valence-electron chi connectivity index (χ4n) is 2.42. The van der Waals surface area contributed by atoms with Gasteiger partial charge in [0.15, 0.2) is 0 Å². The number of nitrogens with one attached hydrogen (secondary N) is 2. The largest absolute Gasteiger partial charge is 0.368 e. The van der Waals surface area contributed by atoms with Crippen LogP contribution in [0.2, 0.25) is 0 Å². The molecular formula is C12H23ClN2O2. The normalized spacial score (nSPS) is 28.5. The lowest BCUT2D eigenvalue weighted by atomic mass is 10.0. The van der Waals surface area contributed by atoms with E-state index in [0.29, 0.717) is 0 Å². The SMILES string of the molecule is Cl.O=C(NCCC1CCNC1)C1CCCCO1. The smallest absolute Gasteiger partial charge is 0.249 e. The number of hydrogen-bond acceptors (Lipinski definition) is 3. The van der Waals surface area contributed by atoms with Gasteiger partial charge in [0.2, 0.25) is 5.91 Å². The Morgan fingerprint density at radius 2 is 2.24 bits per heavy atom. The molecule has 1 amide bonds. The minimum atomic E-state index is -0.185. The van der Waals surface area contributed by atoms with Crippen LogP contribution in [0.1, 0.15) is 32.1 Å². The summed E-state index contributed by atoms with van der Waals surface area (Å²) in [6.07, 6.45) is 5.25. The number of rotatable bonds is 4. The molecule has 2 saturated heterocycles. The molecule has 2 aliphatic rings. The second-order valence-corrected chi connectivity index (χ2v) is 4.79. The van der Waals surface area contributed by atoms with Crippen molar-refractivity contribution in [2.24, 2.45) is 5.92 Å². The summed E-state index contributed by atoms with van der Waals surface area (Å²) in [5.41, 5.74) is 0. The van der Waals surface area contributed by atoms with E-state index in [-0.39, 0.29) is 24.4 Å². The lowest BCUT2D eigenvalue weighted by Gasteiger charge is -2.21. The molecule has 2 heterocycles. The van der Waals surface area contributed by atoms with Crippen LogP contribution in [-0.4, -0.2) is 38.3 Å². The van der Waals surface area contributed by atoms with Crippen LogP contribution in [0.25, 0.3) is 0 Å². The number of ether oxygens (including phenoxy) is 1. The standard InChI is InChI=1S/C12H22N2O2.ClH/c15-12(11-3-1-2-8-16-11)14-7-5-10-4-6-13-9-10;/h10-11,13H,1-9H2,(H,14,15);1H. The van der Waals surface area contributed by atoms with Gasteiger partial charge in [-0.1, -0.05) is 0 Å². The van der Waals surface area contributed by atoms with Crippen molar-refractivity contribution < 1.29 is 9.53 Å². The van der Waals surface area contributed by atoms with Gasteiger partial charge in [0, 0.05) is 13.2 Å². The van der Waals surface area contributed by atoms with Crippen LogP contribution >= 0.6 is 12.4 Å². The molecule has 0 aromatic heterocycles. The third kappa shape index (κ3) is 4.82. The maximum absolute atomic E-state index is 11.7. The predicted octanol–water partition coefficient (Wildman–Crippen LogP) is 1.09. The molecule has 0 saturated carbocycles. The van der Waals surface area contributed by atoms with Gasteiger partial charge in [0.1, 0.15) is 6.10 Å². The lowest BCUT2D eigenvalue weighted by molar-refractivity contribution is -0.135. The maximum atomic E-state index is 11.7. The zero-order valence-electron chi connectivity index (χ0n) is 10.2. The van der Waals surface area contributed by atoms with Crippen LogP contribution in [0.15, 0.2) is 0 Å². The average molecular weight is 263 g/mol. The Morgan fingerprint density at radius 3 is 2.88 bits per heavy atom. The topological polar surface area (TPSA) is 50.4 Å². The van der Waals surface area contributed by atoms with E-state index < -0.39 is 0 Å². The fourth-order valence-corrected chi connectivity index (χ4v) is 2.42. The first-order valence-electron chi connectivity index (χ1n) is 6.46.